The van der Waals surface area contributed by atoms with Crippen molar-refractivity contribution in [2.24, 2.45) is 0 Å². The van der Waals surface area contributed by atoms with E-state index in [9.17, 15) is 18.0 Å². The van der Waals surface area contributed by atoms with Crippen LogP contribution >= 0.6 is 0 Å². The van der Waals surface area contributed by atoms with E-state index in [1.807, 2.05) is 6.92 Å². The van der Waals surface area contributed by atoms with Crippen molar-refractivity contribution in [2.45, 2.75) is 24.7 Å². The van der Waals surface area contributed by atoms with Crippen molar-refractivity contribution >= 4 is 21.7 Å². The summed E-state index contributed by atoms with van der Waals surface area (Å²) in [6.45, 7) is 2.79. The Labute approximate surface area is 158 Å². The van der Waals surface area contributed by atoms with Gasteiger partial charge >= 0.3 is 0 Å². The van der Waals surface area contributed by atoms with Gasteiger partial charge in [0.25, 0.3) is 5.91 Å². The fourth-order valence-electron chi connectivity index (χ4n) is 3.03. The molecule has 2 amide bonds. The number of benzene rings is 1. The number of nitrogens with zero attached hydrogens (tertiary/aromatic N) is 3. The average Bonchev–Trinajstić information content (AvgIpc) is 3.11. The van der Waals surface area contributed by atoms with Crippen LogP contribution in [0.2, 0.25) is 0 Å². The van der Waals surface area contributed by atoms with Crippen molar-refractivity contribution in [2.75, 3.05) is 19.3 Å². The van der Waals surface area contributed by atoms with E-state index in [-0.39, 0.29) is 23.1 Å². The highest BCUT2D eigenvalue weighted by atomic mass is 32.2. The van der Waals surface area contributed by atoms with Crippen LogP contribution in [0.4, 0.5) is 0 Å². The lowest BCUT2D eigenvalue weighted by molar-refractivity contribution is -0.139. The smallest absolute Gasteiger partial charge is 0.273 e. The molecule has 0 spiro atoms. The predicted molar refractivity (Wildman–Crippen MR) is 99.6 cm³/mol. The monoisotopic (exact) mass is 387 g/mol. The second kappa shape index (κ2) is 7.48. The molecule has 0 unspecified atom stereocenters. The summed E-state index contributed by atoms with van der Waals surface area (Å²) in [7, 11) is -3.27. The predicted octanol–water partition coefficient (Wildman–Crippen LogP) is 1.63. The van der Waals surface area contributed by atoms with Crippen molar-refractivity contribution in [3.05, 3.63) is 59.4 Å². The minimum Gasteiger partial charge on any atom is -0.273 e. The lowest BCUT2D eigenvalue weighted by atomic mass is 10.1. The van der Waals surface area contributed by atoms with Crippen LogP contribution in [0.25, 0.3) is 0 Å². The van der Waals surface area contributed by atoms with Crippen molar-refractivity contribution in [3.63, 3.8) is 0 Å². The number of aryl methyl sites for hydroxylation is 1. The van der Waals surface area contributed by atoms with Gasteiger partial charge in [0.05, 0.1) is 16.9 Å². The van der Waals surface area contributed by atoms with Crippen molar-refractivity contribution in [1.29, 1.82) is 0 Å². The lowest BCUT2D eigenvalue weighted by Crippen LogP contribution is -2.45. The lowest BCUT2D eigenvalue weighted by Gasteiger charge is -2.28. The quantitative estimate of drug-likeness (QED) is 0.796. The number of carbonyl (C=O) groups excluding carboxylic acids is 2. The van der Waals surface area contributed by atoms with Gasteiger partial charge in [-0.25, -0.2) is 13.4 Å². The molecule has 2 heterocycles. The molecule has 0 atom stereocenters. The summed E-state index contributed by atoms with van der Waals surface area (Å²) in [6, 6.07) is 8.00. The number of hydrogen-bond donors (Lipinski definition) is 0. The molecule has 27 heavy (non-hydrogen) atoms. The number of hydrazine groups is 1. The first-order valence-corrected chi connectivity index (χ1v) is 10.5. The molecular weight excluding hydrogens is 366 g/mol. The fraction of sp³-hybridized carbons (Fsp3) is 0.316. The molecule has 1 aromatic heterocycles. The highest BCUT2D eigenvalue weighted by Crippen LogP contribution is 2.19. The van der Waals surface area contributed by atoms with E-state index in [0.29, 0.717) is 30.6 Å². The molecule has 8 heteroatoms. The average molecular weight is 387 g/mol. The van der Waals surface area contributed by atoms with Gasteiger partial charge in [-0.15, -0.1) is 0 Å². The number of aromatic nitrogens is 1. The number of rotatable bonds is 4. The Hall–Kier alpha value is -2.74. The number of amides is 2. The molecule has 2 aromatic rings. The normalized spacial score (nSPS) is 14.4. The van der Waals surface area contributed by atoms with Crippen LogP contribution in [0.5, 0.6) is 0 Å². The van der Waals surface area contributed by atoms with Gasteiger partial charge in [-0.2, -0.15) is 0 Å². The molecule has 1 fully saturated rings. The molecule has 142 valence electrons. The molecule has 0 N–H and O–H groups in total. The van der Waals surface area contributed by atoms with Crippen molar-refractivity contribution in [1.82, 2.24) is 15.0 Å². The molecule has 7 nitrogen and oxygen atoms in total. The molecule has 3 rings (SSSR count). The zero-order chi connectivity index (χ0) is 19.6. The molecular formula is C19H21N3O4S. The van der Waals surface area contributed by atoms with Crippen LogP contribution < -0.4 is 0 Å². The first-order chi connectivity index (χ1) is 12.8. The first-order valence-electron chi connectivity index (χ1n) is 8.59. The summed E-state index contributed by atoms with van der Waals surface area (Å²) in [4.78, 5) is 29.8. The molecule has 0 aliphatic carbocycles. The maximum atomic E-state index is 12.8. The van der Waals surface area contributed by atoms with Crippen LogP contribution in [0.15, 0.2) is 47.6 Å². The third-order valence-electron chi connectivity index (χ3n) is 4.53. The van der Waals surface area contributed by atoms with Crippen molar-refractivity contribution < 1.29 is 18.0 Å². The maximum absolute atomic E-state index is 12.8. The second-order valence-corrected chi connectivity index (χ2v) is 8.60. The standard InChI is InChI=1S/C19H21N3O4S/c1-14-8-9-20-13-17(14)19(24)22-11-3-10-21(22)18(23)12-15-4-6-16(7-5-15)27(2,25)26/h4-9,13H,3,10-12H2,1-2H3. The molecule has 1 aliphatic rings. The topological polar surface area (TPSA) is 87.7 Å². The third kappa shape index (κ3) is 4.16. The summed E-state index contributed by atoms with van der Waals surface area (Å²) >= 11 is 0. The molecule has 1 aromatic carbocycles. The van der Waals surface area contributed by atoms with E-state index in [1.165, 1.54) is 28.3 Å². The van der Waals surface area contributed by atoms with E-state index in [1.54, 1.807) is 24.4 Å². The van der Waals surface area contributed by atoms with Gasteiger partial charge in [0, 0.05) is 31.7 Å². The second-order valence-electron chi connectivity index (χ2n) is 6.58. The van der Waals surface area contributed by atoms with Crippen LogP contribution in [-0.2, 0) is 21.1 Å². The SMILES string of the molecule is Cc1ccncc1C(=O)N1CCCN1C(=O)Cc1ccc(S(C)(=O)=O)cc1. The summed E-state index contributed by atoms with van der Waals surface area (Å²) in [5.41, 5.74) is 1.99. The number of carbonyl (C=O) groups is 2. The van der Waals surface area contributed by atoms with E-state index < -0.39 is 9.84 Å². The van der Waals surface area contributed by atoms with Gasteiger partial charge in [0.15, 0.2) is 9.84 Å². The molecule has 1 aliphatic heterocycles. The number of pyridine rings is 1. The van der Waals surface area contributed by atoms with Gasteiger partial charge in [-0.1, -0.05) is 12.1 Å². The number of sulfone groups is 1. The molecule has 0 bridgehead atoms. The van der Waals surface area contributed by atoms with Crippen LogP contribution in [-0.4, -0.2) is 54.6 Å². The first kappa shape index (κ1) is 19.0. The van der Waals surface area contributed by atoms with E-state index in [2.05, 4.69) is 4.98 Å². The molecule has 0 radical (unpaired) electrons. The Balaban J connectivity index is 1.74. The van der Waals surface area contributed by atoms with Gasteiger partial charge in [-0.3, -0.25) is 19.6 Å². The Bertz CT molecular complexity index is 971. The fourth-order valence-corrected chi connectivity index (χ4v) is 3.66. The zero-order valence-electron chi connectivity index (χ0n) is 15.3. The Kier molecular flexibility index (Phi) is 5.27. The highest BCUT2D eigenvalue weighted by molar-refractivity contribution is 7.90. The van der Waals surface area contributed by atoms with Gasteiger partial charge in [-0.05, 0) is 42.7 Å². The van der Waals surface area contributed by atoms with E-state index >= 15 is 0 Å². The minimum atomic E-state index is -3.27. The third-order valence-corrected chi connectivity index (χ3v) is 5.66. The maximum Gasteiger partial charge on any atom is 0.274 e. The summed E-state index contributed by atoms with van der Waals surface area (Å²) in [5, 5.41) is 2.94. The molecule has 1 saturated heterocycles. The number of hydrogen-bond acceptors (Lipinski definition) is 5. The van der Waals surface area contributed by atoms with Crippen LogP contribution in [0.1, 0.15) is 27.9 Å². The van der Waals surface area contributed by atoms with E-state index in [0.717, 1.165) is 11.8 Å². The highest BCUT2D eigenvalue weighted by Gasteiger charge is 2.31. The van der Waals surface area contributed by atoms with E-state index in [4.69, 9.17) is 0 Å². The van der Waals surface area contributed by atoms with Crippen LogP contribution in [0.3, 0.4) is 0 Å². The Morgan fingerprint density at radius 2 is 1.74 bits per heavy atom. The largest absolute Gasteiger partial charge is 0.274 e. The summed E-state index contributed by atoms with van der Waals surface area (Å²) < 4.78 is 23.1. The zero-order valence-corrected chi connectivity index (χ0v) is 16.1. The Morgan fingerprint density at radius 3 is 2.37 bits per heavy atom. The summed E-state index contributed by atoms with van der Waals surface area (Å²) in [5.74, 6) is -0.437. The van der Waals surface area contributed by atoms with Gasteiger partial charge in [0.2, 0.25) is 5.91 Å². The van der Waals surface area contributed by atoms with Crippen molar-refractivity contribution in [3.8, 4) is 0 Å². The minimum absolute atomic E-state index is 0.0971. The molecule has 0 saturated carbocycles. The Morgan fingerprint density at radius 1 is 1.07 bits per heavy atom. The van der Waals surface area contributed by atoms with Gasteiger partial charge < -0.3 is 0 Å². The van der Waals surface area contributed by atoms with Gasteiger partial charge in [0.1, 0.15) is 0 Å². The summed E-state index contributed by atoms with van der Waals surface area (Å²) in [6.07, 6.45) is 5.09. The van der Waals surface area contributed by atoms with Crippen LogP contribution in [0, 0.1) is 6.92 Å².